The molecule has 2 heteroatoms. The molecule has 0 amide bonds. The number of nitrogens with two attached hydrogens (primary N) is 1. The van der Waals surface area contributed by atoms with Gasteiger partial charge in [-0.3, -0.25) is 0 Å². The molecule has 0 unspecified atom stereocenters. The lowest BCUT2D eigenvalue weighted by Gasteiger charge is -2.01. The fourth-order valence-corrected chi connectivity index (χ4v) is 3.07. The van der Waals surface area contributed by atoms with Gasteiger partial charge in [-0.2, -0.15) is 0 Å². The van der Waals surface area contributed by atoms with Crippen LogP contribution in [0.3, 0.4) is 0 Å². The van der Waals surface area contributed by atoms with Crippen molar-refractivity contribution in [3.05, 3.63) is 42.0 Å². The van der Waals surface area contributed by atoms with Crippen LogP contribution < -0.4 is 5.73 Å². The Morgan fingerprint density at radius 2 is 1.80 bits per heavy atom. The normalized spacial score (nSPS) is 11.3. The average Bonchev–Trinajstić information content (AvgIpc) is 2.62. The highest BCUT2D eigenvalue weighted by Crippen LogP contribution is 2.38. The average molecular weight is 213 g/mol. The molecule has 3 aromatic rings. The van der Waals surface area contributed by atoms with Gasteiger partial charge in [-0.25, -0.2) is 0 Å². The fourth-order valence-electron chi connectivity index (χ4n) is 1.95. The molecule has 15 heavy (non-hydrogen) atoms. The van der Waals surface area contributed by atoms with Crippen molar-refractivity contribution in [2.75, 3.05) is 5.73 Å². The number of rotatable bonds is 0. The van der Waals surface area contributed by atoms with Crippen molar-refractivity contribution in [3.8, 4) is 0 Å². The van der Waals surface area contributed by atoms with Crippen LogP contribution >= 0.6 is 11.3 Å². The number of hydrogen-bond donors (Lipinski definition) is 1. The smallest absolute Gasteiger partial charge is 0.0438 e. The van der Waals surface area contributed by atoms with Crippen LogP contribution in [0.4, 0.5) is 5.69 Å². The van der Waals surface area contributed by atoms with Gasteiger partial charge in [0.1, 0.15) is 0 Å². The molecule has 0 aliphatic heterocycles. The van der Waals surface area contributed by atoms with Crippen LogP contribution in [0.5, 0.6) is 0 Å². The maximum Gasteiger partial charge on any atom is 0.0438 e. The number of anilines is 1. The van der Waals surface area contributed by atoms with Crippen molar-refractivity contribution < 1.29 is 0 Å². The quantitative estimate of drug-likeness (QED) is 0.562. The number of hydrogen-bond acceptors (Lipinski definition) is 2. The van der Waals surface area contributed by atoms with E-state index in [1.807, 2.05) is 0 Å². The van der Waals surface area contributed by atoms with E-state index in [-0.39, 0.29) is 0 Å². The summed E-state index contributed by atoms with van der Waals surface area (Å²) >= 11 is 1.80. The zero-order chi connectivity index (χ0) is 10.4. The van der Waals surface area contributed by atoms with Gasteiger partial charge < -0.3 is 5.73 Å². The van der Waals surface area contributed by atoms with E-state index in [0.29, 0.717) is 0 Å². The Kier molecular flexibility index (Phi) is 1.73. The zero-order valence-electron chi connectivity index (χ0n) is 8.45. The predicted octanol–water partition coefficient (Wildman–Crippen LogP) is 3.95. The summed E-state index contributed by atoms with van der Waals surface area (Å²) in [7, 11) is 0. The summed E-state index contributed by atoms with van der Waals surface area (Å²) in [5, 5.41) is 2.49. The van der Waals surface area contributed by atoms with Gasteiger partial charge in [0.05, 0.1) is 0 Å². The van der Waals surface area contributed by atoms with E-state index >= 15 is 0 Å². The maximum absolute atomic E-state index is 6.14. The highest BCUT2D eigenvalue weighted by molar-refractivity contribution is 7.25. The highest BCUT2D eigenvalue weighted by Gasteiger charge is 2.08. The number of thiophene rings is 1. The SMILES string of the molecule is Cc1ccc2sc3ccccc3c2c1N. The molecule has 0 atom stereocenters. The van der Waals surface area contributed by atoms with Gasteiger partial charge in [0.25, 0.3) is 0 Å². The summed E-state index contributed by atoms with van der Waals surface area (Å²) in [6.45, 7) is 2.06. The molecule has 3 rings (SSSR count). The van der Waals surface area contributed by atoms with Crippen molar-refractivity contribution in [1.82, 2.24) is 0 Å². The topological polar surface area (TPSA) is 26.0 Å². The molecule has 0 spiro atoms. The van der Waals surface area contributed by atoms with Crippen molar-refractivity contribution in [2.24, 2.45) is 0 Å². The molecule has 74 valence electrons. The van der Waals surface area contributed by atoms with E-state index in [0.717, 1.165) is 11.3 Å². The number of benzene rings is 2. The van der Waals surface area contributed by atoms with Gasteiger partial charge in [0, 0.05) is 25.9 Å². The summed E-state index contributed by atoms with van der Waals surface area (Å²) in [5.41, 5.74) is 8.22. The molecule has 0 fully saturated rings. The van der Waals surface area contributed by atoms with Gasteiger partial charge in [0.2, 0.25) is 0 Å². The predicted molar refractivity (Wildman–Crippen MR) is 68.5 cm³/mol. The lowest BCUT2D eigenvalue weighted by molar-refractivity contribution is 1.51. The molecule has 2 N–H and O–H groups in total. The molecule has 0 saturated carbocycles. The molecule has 2 aromatic carbocycles. The second-order valence-corrected chi connectivity index (χ2v) is 4.85. The third-order valence-corrected chi connectivity index (χ3v) is 3.94. The molecule has 0 aliphatic carbocycles. The molecule has 0 saturated heterocycles. The van der Waals surface area contributed by atoms with E-state index in [1.54, 1.807) is 11.3 Å². The molecule has 1 heterocycles. The first-order chi connectivity index (χ1) is 7.27. The zero-order valence-corrected chi connectivity index (χ0v) is 9.27. The van der Waals surface area contributed by atoms with Crippen LogP contribution in [-0.2, 0) is 0 Å². The van der Waals surface area contributed by atoms with Crippen LogP contribution in [0.15, 0.2) is 36.4 Å². The molecule has 0 bridgehead atoms. The monoisotopic (exact) mass is 213 g/mol. The first-order valence-electron chi connectivity index (χ1n) is 4.93. The lowest BCUT2D eigenvalue weighted by atomic mass is 10.1. The van der Waals surface area contributed by atoms with Crippen molar-refractivity contribution in [3.63, 3.8) is 0 Å². The Morgan fingerprint density at radius 3 is 2.67 bits per heavy atom. The minimum Gasteiger partial charge on any atom is -0.398 e. The third kappa shape index (κ3) is 1.15. The van der Waals surface area contributed by atoms with E-state index in [4.69, 9.17) is 5.73 Å². The standard InChI is InChI=1S/C13H11NS/c1-8-6-7-11-12(13(8)14)9-4-2-3-5-10(9)15-11/h2-7H,14H2,1H3. The summed E-state index contributed by atoms with van der Waals surface area (Å²) in [6, 6.07) is 12.7. The molecule has 1 nitrogen and oxygen atoms in total. The van der Waals surface area contributed by atoms with Gasteiger partial charge >= 0.3 is 0 Å². The highest BCUT2D eigenvalue weighted by atomic mass is 32.1. The molecule has 1 aromatic heterocycles. The fraction of sp³-hybridized carbons (Fsp3) is 0.0769. The van der Waals surface area contributed by atoms with Crippen molar-refractivity contribution in [2.45, 2.75) is 6.92 Å². The molecule has 0 radical (unpaired) electrons. The van der Waals surface area contributed by atoms with E-state index < -0.39 is 0 Å². The summed E-state index contributed by atoms with van der Waals surface area (Å²) < 4.78 is 2.59. The lowest BCUT2D eigenvalue weighted by Crippen LogP contribution is -1.89. The van der Waals surface area contributed by atoms with Gasteiger partial charge in [-0.1, -0.05) is 24.3 Å². The molecular weight excluding hydrogens is 202 g/mol. The van der Waals surface area contributed by atoms with Crippen LogP contribution in [-0.4, -0.2) is 0 Å². The Labute approximate surface area is 92.1 Å². The van der Waals surface area contributed by atoms with E-state index in [9.17, 15) is 0 Å². The number of fused-ring (bicyclic) bond motifs is 3. The first kappa shape index (κ1) is 8.74. The Bertz CT molecular complexity index is 652. The van der Waals surface area contributed by atoms with Gasteiger partial charge in [0.15, 0.2) is 0 Å². The summed E-state index contributed by atoms with van der Waals surface area (Å²) in [5.74, 6) is 0. The minimum absolute atomic E-state index is 0.921. The van der Waals surface area contributed by atoms with Crippen LogP contribution in [0.25, 0.3) is 20.2 Å². The molecule has 0 aliphatic rings. The Hall–Kier alpha value is -1.54. The van der Waals surface area contributed by atoms with E-state index in [1.165, 1.54) is 20.2 Å². The van der Waals surface area contributed by atoms with Crippen LogP contribution in [0, 0.1) is 6.92 Å². The van der Waals surface area contributed by atoms with Gasteiger partial charge in [-0.15, -0.1) is 11.3 Å². The van der Waals surface area contributed by atoms with Crippen molar-refractivity contribution in [1.29, 1.82) is 0 Å². The Morgan fingerprint density at radius 1 is 1.00 bits per heavy atom. The maximum atomic E-state index is 6.14. The summed E-state index contributed by atoms with van der Waals surface area (Å²) in [6.07, 6.45) is 0. The third-order valence-electron chi connectivity index (χ3n) is 2.80. The molecular formula is C13H11NS. The largest absolute Gasteiger partial charge is 0.398 e. The number of aryl methyl sites for hydroxylation is 1. The van der Waals surface area contributed by atoms with Crippen LogP contribution in [0.1, 0.15) is 5.56 Å². The number of nitrogen functional groups attached to an aromatic ring is 1. The van der Waals surface area contributed by atoms with Crippen LogP contribution in [0.2, 0.25) is 0 Å². The second-order valence-electron chi connectivity index (χ2n) is 3.77. The van der Waals surface area contributed by atoms with E-state index in [2.05, 4.69) is 43.3 Å². The Balaban J connectivity index is 2.63. The minimum atomic E-state index is 0.921. The van der Waals surface area contributed by atoms with Crippen molar-refractivity contribution >= 4 is 37.2 Å². The second kappa shape index (κ2) is 2.97. The van der Waals surface area contributed by atoms with Gasteiger partial charge in [-0.05, 0) is 24.6 Å². The summed E-state index contributed by atoms with van der Waals surface area (Å²) in [4.78, 5) is 0. The first-order valence-corrected chi connectivity index (χ1v) is 5.75.